The summed E-state index contributed by atoms with van der Waals surface area (Å²) in [6, 6.07) is 2.80. The maximum absolute atomic E-state index is 13.8. The van der Waals surface area contributed by atoms with Gasteiger partial charge in [0.15, 0.2) is 9.84 Å². The van der Waals surface area contributed by atoms with Crippen LogP contribution in [0, 0.1) is 5.82 Å². The molecule has 3 amide bonds. The molecule has 2 heterocycles. The number of anilines is 2. The lowest BCUT2D eigenvalue weighted by atomic mass is 10.1. The van der Waals surface area contributed by atoms with Crippen LogP contribution in [0.15, 0.2) is 23.3 Å². The van der Waals surface area contributed by atoms with Crippen LogP contribution in [0.2, 0.25) is 0 Å². The lowest BCUT2D eigenvalue weighted by molar-refractivity contribution is -0.133. The summed E-state index contributed by atoms with van der Waals surface area (Å²) in [7, 11) is -3.25. The number of carbonyl (C=O) groups excluding carboxylic acids is 3. The zero-order chi connectivity index (χ0) is 23.7. The van der Waals surface area contributed by atoms with Crippen molar-refractivity contribution < 1.29 is 31.9 Å². The predicted molar refractivity (Wildman–Crippen MR) is 115 cm³/mol. The molecule has 2 aliphatic rings. The third-order valence-electron chi connectivity index (χ3n) is 4.74. The molecule has 1 fully saturated rings. The molecule has 1 unspecified atom stereocenters. The Balaban J connectivity index is 1.77. The van der Waals surface area contributed by atoms with Gasteiger partial charge in [0.25, 0.3) is 5.91 Å². The summed E-state index contributed by atoms with van der Waals surface area (Å²) < 4.78 is 42.5. The van der Waals surface area contributed by atoms with E-state index in [4.69, 9.17) is 4.74 Å². The summed E-state index contributed by atoms with van der Waals surface area (Å²) in [5, 5.41) is 10.1. The molecule has 2 N–H and O–H groups in total. The zero-order valence-electron chi connectivity index (χ0n) is 18.0. The quantitative estimate of drug-likeness (QED) is 0.696. The molecular formula is C20H25FN4O6S. The van der Waals surface area contributed by atoms with Crippen molar-refractivity contribution in [2.24, 2.45) is 5.10 Å². The first-order valence-corrected chi connectivity index (χ1v) is 11.9. The smallest absolute Gasteiger partial charge is 0.412 e. The largest absolute Gasteiger partial charge is 0.444 e. The van der Waals surface area contributed by atoms with E-state index in [1.165, 1.54) is 6.07 Å². The molecule has 1 atom stereocenters. The molecular weight excluding hydrogens is 443 g/mol. The van der Waals surface area contributed by atoms with Crippen molar-refractivity contribution in [3.05, 3.63) is 24.0 Å². The fourth-order valence-corrected chi connectivity index (χ4v) is 5.02. The number of hydrogen-bond acceptors (Lipinski definition) is 7. The number of halogens is 1. The molecule has 0 radical (unpaired) electrons. The molecule has 0 bridgehead atoms. The molecule has 12 heteroatoms. The highest BCUT2D eigenvalue weighted by Gasteiger charge is 2.37. The van der Waals surface area contributed by atoms with Crippen molar-refractivity contribution in [3.8, 4) is 0 Å². The lowest BCUT2D eigenvalue weighted by Crippen LogP contribution is -2.42. The van der Waals surface area contributed by atoms with Crippen molar-refractivity contribution in [3.63, 3.8) is 0 Å². The van der Waals surface area contributed by atoms with Gasteiger partial charge in [-0.25, -0.2) is 22.6 Å². The molecule has 0 saturated carbocycles. The van der Waals surface area contributed by atoms with E-state index in [0.29, 0.717) is 0 Å². The summed E-state index contributed by atoms with van der Waals surface area (Å²) in [6.07, 6.45) is -0.492. The van der Waals surface area contributed by atoms with Gasteiger partial charge in [-0.2, -0.15) is 5.10 Å². The van der Waals surface area contributed by atoms with Crippen molar-refractivity contribution in [2.45, 2.75) is 51.7 Å². The number of ether oxygens (including phenoxy) is 1. The summed E-state index contributed by atoms with van der Waals surface area (Å²) in [6.45, 7) is 5.05. The average Bonchev–Trinajstić information content (AvgIpc) is 3.02. The summed E-state index contributed by atoms with van der Waals surface area (Å²) in [4.78, 5) is 37.1. The van der Waals surface area contributed by atoms with Crippen LogP contribution in [0.3, 0.4) is 0 Å². The number of rotatable bonds is 4. The second-order valence-electron chi connectivity index (χ2n) is 8.61. The van der Waals surface area contributed by atoms with Crippen LogP contribution in [0.4, 0.5) is 20.6 Å². The molecule has 174 valence electrons. The van der Waals surface area contributed by atoms with E-state index in [1.807, 2.05) is 0 Å². The second kappa shape index (κ2) is 8.85. The van der Waals surface area contributed by atoms with E-state index in [0.717, 1.165) is 17.1 Å². The van der Waals surface area contributed by atoms with Crippen LogP contribution < -0.4 is 10.6 Å². The van der Waals surface area contributed by atoms with Crippen LogP contribution in [0.5, 0.6) is 0 Å². The van der Waals surface area contributed by atoms with E-state index in [-0.39, 0.29) is 53.8 Å². The van der Waals surface area contributed by atoms with Crippen LogP contribution in [0.1, 0.15) is 40.0 Å². The maximum Gasteiger partial charge on any atom is 0.412 e. The molecule has 0 spiro atoms. The number of hydrazone groups is 1. The van der Waals surface area contributed by atoms with Gasteiger partial charge in [0.2, 0.25) is 5.91 Å². The summed E-state index contributed by atoms with van der Waals surface area (Å²) >= 11 is 0. The molecule has 2 aliphatic heterocycles. The molecule has 3 rings (SSSR count). The lowest BCUT2D eigenvalue weighted by Gasteiger charge is -2.27. The molecule has 1 aromatic rings. The van der Waals surface area contributed by atoms with Gasteiger partial charge in [0.05, 0.1) is 28.9 Å². The molecule has 0 aliphatic carbocycles. The Labute approximate surface area is 185 Å². The molecule has 1 aromatic carbocycles. The molecule has 32 heavy (non-hydrogen) atoms. The average molecular weight is 469 g/mol. The van der Waals surface area contributed by atoms with E-state index in [9.17, 15) is 27.2 Å². The number of amides is 3. The van der Waals surface area contributed by atoms with Crippen molar-refractivity contribution in [1.82, 2.24) is 5.01 Å². The van der Waals surface area contributed by atoms with Gasteiger partial charge < -0.3 is 10.1 Å². The van der Waals surface area contributed by atoms with E-state index < -0.39 is 39.3 Å². The fourth-order valence-electron chi connectivity index (χ4n) is 3.33. The number of nitrogens with one attached hydrogen (secondary N) is 2. The third-order valence-corrected chi connectivity index (χ3v) is 6.49. The minimum atomic E-state index is -3.25. The fraction of sp³-hybridized carbons (Fsp3) is 0.500. The van der Waals surface area contributed by atoms with Crippen LogP contribution >= 0.6 is 0 Å². The van der Waals surface area contributed by atoms with Crippen LogP contribution in [-0.4, -0.2) is 60.2 Å². The Bertz CT molecular complexity index is 1080. The molecule has 1 saturated heterocycles. The van der Waals surface area contributed by atoms with Gasteiger partial charge in [-0.3, -0.25) is 14.9 Å². The normalized spacial score (nSPS) is 20.5. The highest BCUT2D eigenvalue weighted by molar-refractivity contribution is 7.91. The van der Waals surface area contributed by atoms with Gasteiger partial charge in [-0.15, -0.1) is 0 Å². The monoisotopic (exact) mass is 468 g/mol. The number of nitrogens with zero attached hydrogens (tertiary/aromatic N) is 2. The van der Waals surface area contributed by atoms with Crippen molar-refractivity contribution in [1.29, 1.82) is 0 Å². The minimum Gasteiger partial charge on any atom is -0.444 e. The highest BCUT2D eigenvalue weighted by Crippen LogP contribution is 2.26. The molecule has 0 aromatic heterocycles. The first-order chi connectivity index (χ1) is 14.8. The van der Waals surface area contributed by atoms with Crippen molar-refractivity contribution >= 4 is 44.8 Å². The first-order valence-electron chi connectivity index (χ1n) is 10.0. The Hall–Kier alpha value is -3.02. The SMILES string of the molecule is CC(C)(C)OC(=O)Nc1ccc(F)cc1NC(=O)C1=NN(C2CCS(=O)(=O)C2)C(=O)CC1. The Morgan fingerprint density at radius 3 is 2.53 bits per heavy atom. The van der Waals surface area contributed by atoms with Crippen LogP contribution in [-0.2, 0) is 24.2 Å². The topological polar surface area (TPSA) is 134 Å². The third kappa shape index (κ3) is 6.02. The van der Waals surface area contributed by atoms with Crippen molar-refractivity contribution in [2.75, 3.05) is 22.1 Å². The Morgan fingerprint density at radius 2 is 1.91 bits per heavy atom. The summed E-state index contributed by atoms with van der Waals surface area (Å²) in [5.41, 5.74) is -0.661. The van der Waals surface area contributed by atoms with E-state index in [1.54, 1.807) is 20.8 Å². The maximum atomic E-state index is 13.8. The minimum absolute atomic E-state index is 0.00128. The number of benzene rings is 1. The summed E-state index contributed by atoms with van der Waals surface area (Å²) in [5.74, 6) is -1.94. The van der Waals surface area contributed by atoms with E-state index in [2.05, 4.69) is 15.7 Å². The number of hydrogen-bond donors (Lipinski definition) is 2. The number of sulfone groups is 1. The van der Waals surface area contributed by atoms with E-state index >= 15 is 0 Å². The predicted octanol–water partition coefficient (Wildman–Crippen LogP) is 2.28. The Kier molecular flexibility index (Phi) is 6.54. The number of carbonyl (C=O) groups is 3. The van der Waals surface area contributed by atoms with Gasteiger partial charge in [0, 0.05) is 12.8 Å². The van der Waals surface area contributed by atoms with Gasteiger partial charge >= 0.3 is 6.09 Å². The molecule has 10 nitrogen and oxygen atoms in total. The van der Waals surface area contributed by atoms with Gasteiger partial charge in [0.1, 0.15) is 17.1 Å². The highest BCUT2D eigenvalue weighted by atomic mass is 32.2. The standard InChI is InChI=1S/C20H25FN4O6S/c1-20(2,3)31-19(28)23-14-5-4-12(21)10-16(14)22-18(27)15-6-7-17(26)25(24-15)13-8-9-32(29,30)11-13/h4-5,10,13H,6-9,11H2,1-3H3,(H,22,27)(H,23,28). The Morgan fingerprint density at radius 1 is 1.19 bits per heavy atom. The van der Waals surface area contributed by atoms with Gasteiger partial charge in [-0.1, -0.05) is 0 Å². The zero-order valence-corrected chi connectivity index (χ0v) is 18.8. The second-order valence-corrected chi connectivity index (χ2v) is 10.8. The van der Waals surface area contributed by atoms with Crippen LogP contribution in [0.25, 0.3) is 0 Å². The van der Waals surface area contributed by atoms with Gasteiger partial charge in [-0.05, 0) is 45.4 Å². The first kappa shape index (κ1) is 23.6.